The topological polar surface area (TPSA) is 104 Å². The van der Waals surface area contributed by atoms with E-state index in [0.717, 1.165) is 44.9 Å². The number of unbranched alkanes of at least 4 members (excludes halogenated alkanes) is 15. The number of carboxylic acid groups (broad SMARTS) is 1. The SMILES string of the molecule is CCCCCCCCCCC(O)CN(CCCCC(O)C(=O)[O-])CC(O)CCCCCCCCCC.[Na+]. The van der Waals surface area contributed by atoms with E-state index in [-0.39, 0.29) is 36.0 Å². The molecule has 0 aliphatic carbocycles. The molecule has 0 aromatic rings. The molecule has 0 saturated heterocycles. The second-order valence-electron chi connectivity index (χ2n) is 10.9. The first-order valence-corrected chi connectivity index (χ1v) is 15.4. The van der Waals surface area contributed by atoms with Gasteiger partial charge in [0.05, 0.1) is 24.3 Å². The van der Waals surface area contributed by atoms with E-state index in [9.17, 15) is 25.2 Å². The Hall–Kier alpha value is 0.310. The smallest absolute Gasteiger partial charge is 0.547 e. The largest absolute Gasteiger partial charge is 1.00 e. The molecule has 3 atom stereocenters. The van der Waals surface area contributed by atoms with Crippen molar-refractivity contribution in [2.75, 3.05) is 19.6 Å². The summed E-state index contributed by atoms with van der Waals surface area (Å²) in [5.74, 6) is -1.42. The second kappa shape index (κ2) is 29.3. The first kappa shape index (κ1) is 39.5. The van der Waals surface area contributed by atoms with Crippen LogP contribution in [0.1, 0.15) is 149 Å². The fraction of sp³-hybridized carbons (Fsp3) is 0.967. The van der Waals surface area contributed by atoms with Crippen LogP contribution in [0.4, 0.5) is 0 Å². The summed E-state index contributed by atoms with van der Waals surface area (Å²) in [6, 6.07) is 0. The number of nitrogens with zero attached hydrogens (tertiary/aromatic N) is 1. The maximum absolute atomic E-state index is 10.7. The number of rotatable bonds is 28. The van der Waals surface area contributed by atoms with E-state index in [2.05, 4.69) is 18.7 Å². The molecule has 0 fully saturated rings. The minimum absolute atomic E-state index is 0. The van der Waals surface area contributed by atoms with E-state index in [4.69, 9.17) is 0 Å². The molecule has 0 aromatic heterocycles. The molecule has 6 nitrogen and oxygen atoms in total. The molecule has 0 rings (SSSR count). The molecule has 37 heavy (non-hydrogen) atoms. The molecule has 0 amide bonds. The van der Waals surface area contributed by atoms with Gasteiger partial charge in [-0.1, -0.05) is 117 Å². The van der Waals surface area contributed by atoms with E-state index in [1.807, 2.05) is 0 Å². The number of carboxylic acids is 1. The third kappa shape index (κ3) is 27.7. The predicted molar refractivity (Wildman–Crippen MR) is 148 cm³/mol. The molecule has 0 radical (unpaired) electrons. The summed E-state index contributed by atoms with van der Waals surface area (Å²) < 4.78 is 0. The van der Waals surface area contributed by atoms with Crippen molar-refractivity contribution >= 4 is 5.97 Å². The Labute approximate surface area is 251 Å². The number of carbonyl (C=O) groups is 1. The summed E-state index contributed by atoms with van der Waals surface area (Å²) >= 11 is 0. The molecule has 0 aliphatic heterocycles. The minimum Gasteiger partial charge on any atom is -0.547 e. The number of hydrogen-bond donors (Lipinski definition) is 3. The van der Waals surface area contributed by atoms with Crippen molar-refractivity contribution in [1.82, 2.24) is 4.90 Å². The molecule has 0 heterocycles. The van der Waals surface area contributed by atoms with Crippen LogP contribution >= 0.6 is 0 Å². The van der Waals surface area contributed by atoms with Gasteiger partial charge in [-0.25, -0.2) is 0 Å². The molecule has 216 valence electrons. The molecular weight excluding hydrogens is 477 g/mol. The first-order valence-electron chi connectivity index (χ1n) is 15.4. The third-order valence-corrected chi connectivity index (χ3v) is 7.19. The second-order valence-corrected chi connectivity index (χ2v) is 10.9. The van der Waals surface area contributed by atoms with Crippen molar-refractivity contribution in [2.24, 2.45) is 0 Å². The van der Waals surface area contributed by atoms with Crippen molar-refractivity contribution in [1.29, 1.82) is 0 Å². The maximum atomic E-state index is 10.7. The summed E-state index contributed by atoms with van der Waals surface area (Å²) in [6.07, 6.45) is 20.7. The van der Waals surface area contributed by atoms with E-state index in [1.54, 1.807) is 0 Å². The Morgan fingerprint density at radius 1 is 0.595 bits per heavy atom. The van der Waals surface area contributed by atoms with Crippen LogP contribution in [-0.4, -0.2) is 64.1 Å². The first-order chi connectivity index (χ1) is 17.4. The van der Waals surface area contributed by atoms with Gasteiger partial charge in [0, 0.05) is 13.1 Å². The van der Waals surface area contributed by atoms with Crippen molar-refractivity contribution in [3.63, 3.8) is 0 Å². The quantitative estimate of drug-likeness (QED) is 0.105. The molecule has 0 saturated carbocycles. The zero-order chi connectivity index (χ0) is 26.9. The van der Waals surface area contributed by atoms with E-state index < -0.39 is 24.3 Å². The summed E-state index contributed by atoms with van der Waals surface area (Å²) in [7, 11) is 0. The van der Waals surface area contributed by atoms with Crippen molar-refractivity contribution in [3.8, 4) is 0 Å². The summed E-state index contributed by atoms with van der Waals surface area (Å²) in [5.41, 5.74) is 0. The monoisotopic (exact) mass is 537 g/mol. The Morgan fingerprint density at radius 3 is 1.32 bits per heavy atom. The van der Waals surface area contributed by atoms with Crippen LogP contribution in [0, 0.1) is 0 Å². The molecular formula is C30H60NNaO5. The fourth-order valence-corrected chi connectivity index (χ4v) is 4.85. The van der Waals surface area contributed by atoms with E-state index in [0.29, 0.717) is 26.1 Å². The average molecular weight is 538 g/mol. The van der Waals surface area contributed by atoms with Crippen LogP contribution in [0.25, 0.3) is 0 Å². The summed E-state index contributed by atoms with van der Waals surface area (Å²) in [4.78, 5) is 12.8. The number of aliphatic hydroxyl groups is 3. The van der Waals surface area contributed by atoms with Crippen molar-refractivity contribution in [3.05, 3.63) is 0 Å². The molecule has 0 aromatic carbocycles. The van der Waals surface area contributed by atoms with Crippen LogP contribution in [0.2, 0.25) is 0 Å². The third-order valence-electron chi connectivity index (χ3n) is 7.19. The molecule has 0 spiro atoms. The van der Waals surface area contributed by atoms with Gasteiger partial charge < -0.3 is 25.2 Å². The number of hydrogen-bond acceptors (Lipinski definition) is 6. The zero-order valence-corrected chi connectivity index (χ0v) is 26.8. The van der Waals surface area contributed by atoms with Gasteiger partial charge in [0.2, 0.25) is 0 Å². The summed E-state index contributed by atoms with van der Waals surface area (Å²) in [6.45, 7) is 6.22. The van der Waals surface area contributed by atoms with Crippen LogP contribution in [0.5, 0.6) is 0 Å². The van der Waals surface area contributed by atoms with Gasteiger partial charge in [0.25, 0.3) is 0 Å². The number of carbonyl (C=O) groups excluding carboxylic acids is 1. The minimum atomic E-state index is -1.42. The van der Waals surface area contributed by atoms with Crippen molar-refractivity contribution in [2.45, 2.75) is 167 Å². The maximum Gasteiger partial charge on any atom is 1.00 e. The molecule has 3 N–H and O–H groups in total. The van der Waals surface area contributed by atoms with Gasteiger partial charge in [-0.2, -0.15) is 0 Å². The summed E-state index contributed by atoms with van der Waals surface area (Å²) in [5, 5.41) is 41.4. The van der Waals surface area contributed by atoms with Crippen LogP contribution < -0.4 is 34.7 Å². The Kier molecular flexibility index (Phi) is 31.2. The van der Waals surface area contributed by atoms with Gasteiger partial charge >= 0.3 is 29.6 Å². The van der Waals surface area contributed by atoms with Crippen LogP contribution in [0.3, 0.4) is 0 Å². The van der Waals surface area contributed by atoms with Crippen LogP contribution in [-0.2, 0) is 4.79 Å². The fourth-order valence-electron chi connectivity index (χ4n) is 4.85. The average Bonchev–Trinajstić information content (AvgIpc) is 2.84. The Bertz CT molecular complexity index is 455. The molecule has 3 unspecified atom stereocenters. The van der Waals surface area contributed by atoms with E-state index in [1.165, 1.54) is 77.0 Å². The Morgan fingerprint density at radius 2 is 0.946 bits per heavy atom. The van der Waals surface area contributed by atoms with Gasteiger partial charge in [-0.3, -0.25) is 4.90 Å². The van der Waals surface area contributed by atoms with Crippen molar-refractivity contribution < 1.29 is 54.8 Å². The van der Waals surface area contributed by atoms with Gasteiger partial charge in [-0.15, -0.1) is 0 Å². The van der Waals surface area contributed by atoms with Gasteiger partial charge in [0.1, 0.15) is 0 Å². The molecule has 7 heteroatoms. The molecule has 0 aliphatic rings. The normalized spacial score (nSPS) is 13.9. The number of aliphatic hydroxyl groups excluding tert-OH is 3. The van der Waals surface area contributed by atoms with Crippen LogP contribution in [0.15, 0.2) is 0 Å². The van der Waals surface area contributed by atoms with Gasteiger partial charge in [-0.05, 0) is 38.6 Å². The van der Waals surface area contributed by atoms with Gasteiger partial charge in [0.15, 0.2) is 0 Å². The standard InChI is InChI=1S/C30H61NO5.Na/c1-3-5-7-9-11-13-15-17-21-27(32)25-31(24-20-19-23-29(34)30(35)36)26-28(33)22-18-16-14-12-10-8-6-4-2;/h27-29,32-34H,3-26H2,1-2H3,(H,35,36);/q;+1/p-1. The Balaban J connectivity index is 0. The zero-order valence-electron chi connectivity index (χ0n) is 24.8. The predicted octanol–water partition coefficient (Wildman–Crippen LogP) is 2.36. The van der Waals surface area contributed by atoms with E-state index >= 15 is 0 Å². The number of aliphatic carboxylic acids is 1. The molecule has 0 bridgehead atoms.